The first-order valence-corrected chi connectivity index (χ1v) is 5.11. The number of nitrogens with two attached hydrogens (primary N) is 1. The summed E-state index contributed by atoms with van der Waals surface area (Å²) in [5.41, 5.74) is 5.20. The molecule has 1 saturated heterocycles. The van der Waals surface area contributed by atoms with Gasteiger partial charge in [-0.25, -0.2) is 0 Å². The van der Waals surface area contributed by atoms with E-state index in [0.717, 1.165) is 13.1 Å². The largest absolute Gasteiger partial charge is 0.366 e. The predicted octanol–water partition coefficient (Wildman–Crippen LogP) is -0.136. The van der Waals surface area contributed by atoms with Gasteiger partial charge in [-0.05, 0) is 6.08 Å². The Bertz CT molecular complexity index is 416. The zero-order chi connectivity index (χ0) is 11.9. The van der Waals surface area contributed by atoms with Crippen molar-refractivity contribution in [1.82, 2.24) is 4.90 Å². The fourth-order valence-electron chi connectivity index (χ4n) is 1.71. The molecule has 1 aliphatic heterocycles. The van der Waals surface area contributed by atoms with Crippen LogP contribution in [0.25, 0.3) is 0 Å². The summed E-state index contributed by atoms with van der Waals surface area (Å²) >= 11 is 6.20. The highest BCUT2D eigenvalue weighted by atomic mass is 35.5. The lowest BCUT2D eigenvalue weighted by Gasteiger charge is -2.28. The number of hydrogen-bond acceptors (Lipinski definition) is 4. The second kappa shape index (κ2) is 3.57. The van der Waals surface area contributed by atoms with Crippen LogP contribution in [0.5, 0.6) is 0 Å². The minimum absolute atomic E-state index is 0.125. The van der Waals surface area contributed by atoms with Crippen molar-refractivity contribution >= 4 is 17.5 Å². The van der Waals surface area contributed by atoms with Gasteiger partial charge in [0, 0.05) is 29.7 Å². The lowest BCUT2D eigenvalue weighted by molar-refractivity contribution is -0.517. The molecule has 7 heteroatoms. The van der Waals surface area contributed by atoms with Crippen LogP contribution in [0, 0.1) is 10.1 Å². The van der Waals surface area contributed by atoms with Crippen molar-refractivity contribution in [1.29, 1.82) is 0 Å². The summed E-state index contributed by atoms with van der Waals surface area (Å²) in [6.07, 6.45) is 4.12. The van der Waals surface area contributed by atoms with Crippen LogP contribution in [-0.4, -0.2) is 39.9 Å². The summed E-state index contributed by atoms with van der Waals surface area (Å²) in [5, 5.41) is 10.9. The van der Waals surface area contributed by atoms with Crippen LogP contribution in [0.1, 0.15) is 0 Å². The van der Waals surface area contributed by atoms with Gasteiger partial charge in [0.1, 0.15) is 0 Å². The van der Waals surface area contributed by atoms with E-state index >= 15 is 0 Å². The molecule has 6 nitrogen and oxygen atoms in total. The molecule has 0 saturated carbocycles. The Hall–Kier alpha value is -1.40. The first-order valence-electron chi connectivity index (χ1n) is 4.73. The molecule has 2 aliphatic rings. The summed E-state index contributed by atoms with van der Waals surface area (Å²) in [4.78, 5) is 22.0. The molecule has 0 aromatic carbocycles. The van der Waals surface area contributed by atoms with Gasteiger partial charge in [-0.2, -0.15) is 0 Å². The number of halogens is 1. The maximum atomic E-state index is 10.9. The number of carbonyl (C=O) groups is 1. The van der Waals surface area contributed by atoms with Crippen LogP contribution in [0.2, 0.25) is 0 Å². The van der Waals surface area contributed by atoms with Gasteiger partial charge < -0.3 is 5.73 Å². The van der Waals surface area contributed by atoms with Crippen LogP contribution < -0.4 is 5.73 Å². The molecule has 1 amide bonds. The Kier molecular flexibility index (Phi) is 2.47. The van der Waals surface area contributed by atoms with Crippen LogP contribution in [-0.2, 0) is 4.79 Å². The lowest BCUT2D eigenvalue weighted by atomic mass is 9.97. The van der Waals surface area contributed by atoms with Gasteiger partial charge >= 0.3 is 0 Å². The van der Waals surface area contributed by atoms with Crippen molar-refractivity contribution in [2.75, 3.05) is 13.1 Å². The molecule has 2 N–H and O–H groups in total. The Labute approximate surface area is 96.5 Å². The average molecular weight is 244 g/mol. The molecule has 86 valence electrons. The molecule has 2 atom stereocenters. The Morgan fingerprint density at radius 1 is 1.69 bits per heavy atom. The molecular formula is C9H10ClN3O3. The van der Waals surface area contributed by atoms with Crippen LogP contribution in [0.15, 0.2) is 23.8 Å². The van der Waals surface area contributed by atoms with Crippen molar-refractivity contribution in [3.05, 3.63) is 33.9 Å². The van der Waals surface area contributed by atoms with E-state index in [4.69, 9.17) is 17.3 Å². The maximum Gasteiger partial charge on any atom is 0.267 e. The van der Waals surface area contributed by atoms with Crippen molar-refractivity contribution in [3.8, 4) is 0 Å². The second-order valence-electron chi connectivity index (χ2n) is 3.76. The molecule has 16 heavy (non-hydrogen) atoms. The number of nitro groups is 1. The lowest BCUT2D eigenvalue weighted by Crippen LogP contribution is -2.47. The summed E-state index contributed by atoms with van der Waals surface area (Å²) in [6, 6.07) is -1.15. The van der Waals surface area contributed by atoms with Crippen molar-refractivity contribution in [2.45, 2.75) is 11.0 Å². The van der Waals surface area contributed by atoms with E-state index in [1.807, 2.05) is 0 Å². The molecule has 2 unspecified atom stereocenters. The quantitative estimate of drug-likeness (QED) is 0.246. The number of carbonyl (C=O) groups excluding carboxylic acids is 1. The van der Waals surface area contributed by atoms with Gasteiger partial charge in [-0.15, -0.1) is 0 Å². The first-order chi connectivity index (χ1) is 7.45. The third kappa shape index (κ3) is 1.70. The number of amides is 1. The summed E-state index contributed by atoms with van der Waals surface area (Å²) in [7, 11) is 0. The zero-order valence-corrected chi connectivity index (χ0v) is 9.05. The number of nitrogens with zero attached hydrogens (tertiary/aromatic N) is 2. The second-order valence-corrected chi connectivity index (χ2v) is 4.37. The van der Waals surface area contributed by atoms with E-state index in [2.05, 4.69) is 0 Å². The number of primary amides is 1. The standard InChI is InChI=1S/C9H10ClN3O3/c10-9(12-3-4-12)2-1-6(8(11)14)5-7(9)13(15)16/h1-2,5,7H,3-4H2,(H2,11,14). The molecule has 0 spiro atoms. The van der Waals surface area contributed by atoms with Gasteiger partial charge in [0.05, 0.1) is 0 Å². The van der Waals surface area contributed by atoms with Crippen molar-refractivity contribution in [2.24, 2.45) is 5.73 Å². The predicted molar refractivity (Wildman–Crippen MR) is 57.4 cm³/mol. The number of alkyl halides is 1. The van der Waals surface area contributed by atoms with E-state index in [9.17, 15) is 14.9 Å². The zero-order valence-electron chi connectivity index (χ0n) is 8.30. The van der Waals surface area contributed by atoms with Gasteiger partial charge in [-0.1, -0.05) is 17.7 Å². The van der Waals surface area contributed by atoms with E-state index in [1.165, 1.54) is 18.2 Å². The molecule has 1 heterocycles. The average Bonchev–Trinajstić information content (AvgIpc) is 3.00. The first kappa shape index (κ1) is 11.1. The van der Waals surface area contributed by atoms with Crippen LogP contribution in [0.3, 0.4) is 0 Å². The third-order valence-corrected chi connectivity index (χ3v) is 3.28. The van der Waals surface area contributed by atoms with Gasteiger partial charge in [0.25, 0.3) is 6.04 Å². The van der Waals surface area contributed by atoms with Crippen molar-refractivity contribution < 1.29 is 9.72 Å². The van der Waals surface area contributed by atoms with Crippen molar-refractivity contribution in [3.63, 3.8) is 0 Å². The minimum atomic E-state index is -1.16. The maximum absolute atomic E-state index is 10.9. The molecule has 0 radical (unpaired) electrons. The highest BCUT2D eigenvalue weighted by Gasteiger charge is 2.52. The third-order valence-electron chi connectivity index (χ3n) is 2.69. The molecule has 1 fully saturated rings. The molecule has 0 bridgehead atoms. The molecular weight excluding hydrogens is 234 g/mol. The number of rotatable bonds is 3. The van der Waals surface area contributed by atoms with E-state index < -0.39 is 21.9 Å². The fraction of sp³-hybridized carbons (Fsp3) is 0.444. The molecule has 0 aromatic heterocycles. The molecule has 1 aliphatic carbocycles. The minimum Gasteiger partial charge on any atom is -0.366 e. The monoisotopic (exact) mass is 243 g/mol. The van der Waals surface area contributed by atoms with Gasteiger partial charge in [-0.3, -0.25) is 19.8 Å². The Morgan fingerprint density at radius 2 is 2.31 bits per heavy atom. The summed E-state index contributed by atoms with van der Waals surface area (Å²) < 4.78 is 0. The molecule has 0 aromatic rings. The van der Waals surface area contributed by atoms with E-state index in [0.29, 0.717) is 0 Å². The summed E-state index contributed by atoms with van der Waals surface area (Å²) in [6.45, 7) is 1.44. The topological polar surface area (TPSA) is 89.2 Å². The van der Waals surface area contributed by atoms with Gasteiger partial charge in [0.15, 0.2) is 5.00 Å². The highest BCUT2D eigenvalue weighted by Crippen LogP contribution is 2.37. The molecule has 2 rings (SSSR count). The smallest absolute Gasteiger partial charge is 0.267 e. The number of hydrogen-bond donors (Lipinski definition) is 1. The normalized spacial score (nSPS) is 33.3. The summed E-state index contributed by atoms with van der Waals surface area (Å²) in [5.74, 6) is -0.687. The fourth-order valence-corrected chi connectivity index (χ4v) is 2.08. The Balaban J connectivity index is 2.35. The SMILES string of the molecule is NC(=O)C1=CC([N+](=O)[O-])C(Cl)(N2CC2)C=C1. The van der Waals surface area contributed by atoms with E-state index in [-0.39, 0.29) is 5.57 Å². The van der Waals surface area contributed by atoms with E-state index in [1.54, 1.807) is 4.90 Å². The van der Waals surface area contributed by atoms with Crippen LogP contribution >= 0.6 is 11.6 Å². The Morgan fingerprint density at radius 3 is 2.75 bits per heavy atom. The highest BCUT2D eigenvalue weighted by molar-refractivity contribution is 6.26. The van der Waals surface area contributed by atoms with Crippen LogP contribution in [0.4, 0.5) is 0 Å². The van der Waals surface area contributed by atoms with Gasteiger partial charge in [0.2, 0.25) is 5.91 Å².